The van der Waals surface area contributed by atoms with Gasteiger partial charge in [-0.3, -0.25) is 9.59 Å². The molecule has 3 rings (SSSR count). The van der Waals surface area contributed by atoms with Crippen molar-refractivity contribution in [3.05, 3.63) is 65.0 Å². The van der Waals surface area contributed by atoms with Gasteiger partial charge >= 0.3 is 5.97 Å². The summed E-state index contributed by atoms with van der Waals surface area (Å²) in [5.74, 6) is -0.406. The van der Waals surface area contributed by atoms with Crippen molar-refractivity contribution in [2.45, 2.75) is 32.7 Å². The van der Waals surface area contributed by atoms with Gasteiger partial charge in [0.1, 0.15) is 0 Å². The van der Waals surface area contributed by atoms with Gasteiger partial charge < -0.3 is 9.30 Å². The van der Waals surface area contributed by atoms with Crippen molar-refractivity contribution in [1.82, 2.24) is 4.57 Å². The van der Waals surface area contributed by atoms with E-state index in [1.807, 2.05) is 59.2 Å². The van der Waals surface area contributed by atoms with Crippen LogP contribution in [0.1, 0.15) is 25.3 Å². The lowest BCUT2D eigenvalue weighted by Gasteiger charge is -2.05. The number of hydrogen-bond donors (Lipinski definition) is 0. The van der Waals surface area contributed by atoms with Crippen LogP contribution in [0.25, 0.3) is 10.2 Å². The zero-order valence-electron chi connectivity index (χ0n) is 15.3. The van der Waals surface area contributed by atoms with Crippen LogP contribution in [0, 0.1) is 0 Å². The van der Waals surface area contributed by atoms with Crippen molar-refractivity contribution in [3.63, 3.8) is 0 Å². The Labute approximate surface area is 161 Å². The molecule has 2 aromatic carbocycles. The number of rotatable bonds is 7. The minimum Gasteiger partial charge on any atom is -0.466 e. The monoisotopic (exact) mass is 382 g/mol. The summed E-state index contributed by atoms with van der Waals surface area (Å²) in [4.78, 5) is 29.1. The Morgan fingerprint density at radius 3 is 2.56 bits per heavy atom. The highest BCUT2D eigenvalue weighted by Gasteiger charge is 2.10. The molecule has 3 aromatic rings. The number of carbonyl (C=O) groups excluding carboxylic acids is 2. The van der Waals surface area contributed by atoms with Crippen LogP contribution in [0.15, 0.2) is 59.6 Å². The Kier molecular flexibility index (Phi) is 6.54. The van der Waals surface area contributed by atoms with Crippen molar-refractivity contribution in [3.8, 4) is 0 Å². The number of fused-ring (bicyclic) bond motifs is 1. The Balaban J connectivity index is 1.81. The first-order valence-corrected chi connectivity index (χ1v) is 9.84. The van der Waals surface area contributed by atoms with E-state index in [0.29, 0.717) is 30.8 Å². The average molecular weight is 382 g/mol. The van der Waals surface area contributed by atoms with E-state index in [9.17, 15) is 9.59 Å². The molecule has 1 aromatic heterocycles. The van der Waals surface area contributed by atoms with E-state index in [4.69, 9.17) is 4.74 Å². The second kappa shape index (κ2) is 9.28. The van der Waals surface area contributed by atoms with E-state index in [-0.39, 0.29) is 18.3 Å². The summed E-state index contributed by atoms with van der Waals surface area (Å²) in [7, 11) is 0. The number of nitrogens with zero attached hydrogens (tertiary/aromatic N) is 2. The van der Waals surface area contributed by atoms with E-state index in [1.54, 1.807) is 6.92 Å². The van der Waals surface area contributed by atoms with Gasteiger partial charge in [0, 0.05) is 13.0 Å². The Morgan fingerprint density at radius 1 is 1.04 bits per heavy atom. The number of thiazole rings is 1. The zero-order chi connectivity index (χ0) is 19.1. The fourth-order valence-corrected chi connectivity index (χ4v) is 3.89. The molecule has 0 bridgehead atoms. The molecule has 0 atom stereocenters. The van der Waals surface area contributed by atoms with Gasteiger partial charge in [-0.2, -0.15) is 4.99 Å². The summed E-state index contributed by atoms with van der Waals surface area (Å²) in [6.45, 7) is 2.59. The maximum absolute atomic E-state index is 12.4. The summed E-state index contributed by atoms with van der Waals surface area (Å²) in [5, 5.41) is 0. The first-order valence-electron chi connectivity index (χ1n) is 9.03. The minimum atomic E-state index is -0.248. The lowest BCUT2D eigenvalue weighted by molar-refractivity contribution is -0.143. The van der Waals surface area contributed by atoms with Crippen molar-refractivity contribution >= 4 is 33.4 Å². The van der Waals surface area contributed by atoms with Gasteiger partial charge in [0.05, 0.1) is 23.2 Å². The molecule has 27 heavy (non-hydrogen) atoms. The quantitative estimate of drug-likeness (QED) is 0.585. The van der Waals surface area contributed by atoms with Gasteiger partial charge in [-0.25, -0.2) is 0 Å². The molecule has 0 N–H and O–H groups in total. The van der Waals surface area contributed by atoms with Crippen LogP contribution in [0.4, 0.5) is 0 Å². The molecule has 0 saturated heterocycles. The van der Waals surface area contributed by atoms with Crippen LogP contribution in [0.2, 0.25) is 0 Å². The third-order valence-corrected chi connectivity index (χ3v) is 5.18. The number of esters is 1. The van der Waals surface area contributed by atoms with Crippen LogP contribution in [-0.4, -0.2) is 23.1 Å². The molecule has 0 aliphatic heterocycles. The molecule has 1 heterocycles. The molecule has 0 unspecified atom stereocenters. The van der Waals surface area contributed by atoms with Gasteiger partial charge in [-0.15, -0.1) is 0 Å². The molecule has 0 fully saturated rings. The van der Waals surface area contributed by atoms with E-state index in [0.717, 1.165) is 15.8 Å². The van der Waals surface area contributed by atoms with Gasteiger partial charge in [0.25, 0.3) is 0 Å². The normalized spacial score (nSPS) is 11.7. The molecule has 0 spiro atoms. The summed E-state index contributed by atoms with van der Waals surface area (Å²) < 4.78 is 7.98. The SMILES string of the molecule is CCOC(=O)CCn1c(=NC(=O)CCc2ccccc2)sc2ccccc21. The second-order valence-electron chi connectivity index (χ2n) is 6.05. The van der Waals surface area contributed by atoms with Crippen LogP contribution < -0.4 is 4.80 Å². The topological polar surface area (TPSA) is 60.7 Å². The zero-order valence-corrected chi connectivity index (χ0v) is 16.1. The fourth-order valence-electron chi connectivity index (χ4n) is 2.82. The van der Waals surface area contributed by atoms with E-state index in [2.05, 4.69) is 4.99 Å². The lowest BCUT2D eigenvalue weighted by atomic mass is 10.1. The maximum Gasteiger partial charge on any atom is 0.307 e. The number of ether oxygens (including phenoxy) is 1. The number of para-hydroxylation sites is 1. The Morgan fingerprint density at radius 2 is 1.78 bits per heavy atom. The smallest absolute Gasteiger partial charge is 0.307 e. The predicted molar refractivity (Wildman–Crippen MR) is 106 cm³/mol. The largest absolute Gasteiger partial charge is 0.466 e. The molecular formula is C21H22N2O3S. The van der Waals surface area contributed by atoms with Crippen LogP contribution in [0.5, 0.6) is 0 Å². The Hall–Kier alpha value is -2.73. The van der Waals surface area contributed by atoms with Crippen LogP contribution in [0.3, 0.4) is 0 Å². The van der Waals surface area contributed by atoms with Crippen molar-refractivity contribution in [2.24, 2.45) is 4.99 Å². The molecule has 0 saturated carbocycles. The number of amides is 1. The Bertz CT molecular complexity index is 989. The number of benzene rings is 2. The van der Waals surface area contributed by atoms with E-state index >= 15 is 0 Å². The fraction of sp³-hybridized carbons (Fsp3) is 0.286. The third kappa shape index (κ3) is 5.14. The van der Waals surface area contributed by atoms with Gasteiger partial charge in [0.2, 0.25) is 5.91 Å². The molecule has 1 amide bonds. The van der Waals surface area contributed by atoms with E-state index in [1.165, 1.54) is 11.3 Å². The molecule has 0 aliphatic carbocycles. The molecule has 6 heteroatoms. The summed E-state index contributed by atoms with van der Waals surface area (Å²) in [6, 6.07) is 17.8. The van der Waals surface area contributed by atoms with Crippen LogP contribution in [-0.2, 0) is 27.3 Å². The van der Waals surface area contributed by atoms with Crippen molar-refractivity contribution in [2.75, 3.05) is 6.61 Å². The molecular weight excluding hydrogens is 360 g/mol. The summed E-state index contributed by atoms with van der Waals surface area (Å²) in [5.41, 5.74) is 2.09. The number of aromatic nitrogens is 1. The highest BCUT2D eigenvalue weighted by Crippen LogP contribution is 2.17. The lowest BCUT2D eigenvalue weighted by Crippen LogP contribution is -2.19. The third-order valence-electron chi connectivity index (χ3n) is 4.12. The minimum absolute atomic E-state index is 0.157. The molecule has 5 nitrogen and oxygen atoms in total. The predicted octanol–water partition coefficient (Wildman–Crippen LogP) is 3.72. The molecule has 0 aliphatic rings. The highest BCUT2D eigenvalue weighted by atomic mass is 32.1. The standard InChI is InChI=1S/C21H22N2O3S/c1-2-26-20(25)14-15-23-17-10-6-7-11-18(17)27-21(23)22-19(24)13-12-16-8-4-3-5-9-16/h3-11H,2,12-15H2,1H3. The average Bonchev–Trinajstić information content (AvgIpc) is 3.03. The van der Waals surface area contributed by atoms with Gasteiger partial charge in [-0.1, -0.05) is 53.8 Å². The number of aryl methyl sites for hydroxylation is 2. The highest BCUT2D eigenvalue weighted by molar-refractivity contribution is 7.16. The molecule has 0 radical (unpaired) electrons. The van der Waals surface area contributed by atoms with Crippen molar-refractivity contribution in [1.29, 1.82) is 0 Å². The maximum atomic E-state index is 12.4. The van der Waals surface area contributed by atoms with Crippen LogP contribution >= 0.6 is 11.3 Å². The first kappa shape index (κ1) is 19.0. The van der Waals surface area contributed by atoms with E-state index < -0.39 is 0 Å². The van der Waals surface area contributed by atoms with Crippen molar-refractivity contribution < 1.29 is 14.3 Å². The number of hydrogen-bond acceptors (Lipinski definition) is 4. The number of carbonyl (C=O) groups is 2. The summed E-state index contributed by atoms with van der Waals surface area (Å²) >= 11 is 1.46. The van der Waals surface area contributed by atoms with Gasteiger partial charge in [0.15, 0.2) is 4.80 Å². The first-order chi connectivity index (χ1) is 13.2. The second-order valence-corrected chi connectivity index (χ2v) is 7.06. The molecule has 140 valence electrons. The van der Waals surface area contributed by atoms with Gasteiger partial charge in [-0.05, 0) is 31.0 Å². The summed E-state index contributed by atoms with van der Waals surface area (Å²) in [6.07, 6.45) is 1.27.